The second kappa shape index (κ2) is 7.02. The largest absolute Gasteiger partial charge is 0.459 e. The molecule has 3 nitrogen and oxygen atoms in total. The number of nitrogens with zero attached hydrogens (tertiary/aromatic N) is 2. The van der Waals surface area contributed by atoms with Crippen LogP contribution in [0.25, 0.3) is 0 Å². The maximum absolute atomic E-state index is 13.6. The third kappa shape index (κ3) is 4.37. The van der Waals surface area contributed by atoms with Gasteiger partial charge in [0.2, 0.25) is 0 Å². The molecule has 1 heterocycles. The number of alkyl halides is 10. The first-order chi connectivity index (χ1) is 13.0. The van der Waals surface area contributed by atoms with Gasteiger partial charge in [0.1, 0.15) is 17.2 Å². The van der Waals surface area contributed by atoms with Crippen LogP contribution in [0.5, 0.6) is 0 Å². The Kier molecular flexibility index (Phi) is 5.49. The summed E-state index contributed by atoms with van der Waals surface area (Å²) in [5.74, 6) is -12.6. The number of rotatable bonds is 4. The lowest BCUT2D eigenvalue weighted by molar-refractivity contribution is -0.294. The van der Waals surface area contributed by atoms with Gasteiger partial charge in [-0.3, -0.25) is 0 Å². The van der Waals surface area contributed by atoms with Crippen LogP contribution < -0.4 is 5.73 Å². The van der Waals surface area contributed by atoms with Gasteiger partial charge >= 0.3 is 24.2 Å². The summed E-state index contributed by atoms with van der Waals surface area (Å²) in [5.41, 5.74) is 1.80. The van der Waals surface area contributed by atoms with Gasteiger partial charge in [0.25, 0.3) is 0 Å². The molecule has 0 amide bonds. The Hall–Kier alpha value is -2.60. The molecule has 0 saturated carbocycles. The average Bonchev–Trinajstić information content (AvgIpc) is 2.56. The SMILES string of the molecule is Cc1cc(Cc2nc(C(F)(F)C(F)(F)F)cc(C(F)(F)C(F)(F)F)n2)ccc1N. The van der Waals surface area contributed by atoms with E-state index in [9.17, 15) is 43.9 Å². The number of anilines is 1. The summed E-state index contributed by atoms with van der Waals surface area (Å²) in [5, 5.41) is 0. The second-order valence-corrected chi connectivity index (χ2v) is 6.07. The molecule has 1 aromatic carbocycles. The second-order valence-electron chi connectivity index (χ2n) is 6.07. The Morgan fingerprint density at radius 1 is 0.759 bits per heavy atom. The van der Waals surface area contributed by atoms with Crippen LogP contribution in [0.4, 0.5) is 49.6 Å². The van der Waals surface area contributed by atoms with E-state index in [-0.39, 0.29) is 11.3 Å². The molecule has 2 N–H and O–H groups in total. The molecule has 0 spiro atoms. The average molecular weight is 435 g/mol. The fourth-order valence-corrected chi connectivity index (χ4v) is 2.22. The lowest BCUT2D eigenvalue weighted by Gasteiger charge is -2.23. The zero-order valence-electron chi connectivity index (χ0n) is 14.3. The Morgan fingerprint density at radius 3 is 1.59 bits per heavy atom. The van der Waals surface area contributed by atoms with Crippen LogP contribution in [0.1, 0.15) is 28.3 Å². The van der Waals surface area contributed by atoms with Crippen molar-refractivity contribution in [2.24, 2.45) is 0 Å². The summed E-state index contributed by atoms with van der Waals surface area (Å²) in [6.45, 7) is 1.51. The van der Waals surface area contributed by atoms with Crippen molar-refractivity contribution in [1.29, 1.82) is 0 Å². The highest BCUT2D eigenvalue weighted by Crippen LogP contribution is 2.47. The lowest BCUT2D eigenvalue weighted by Crippen LogP contribution is -2.38. The molecular weight excluding hydrogens is 424 g/mol. The minimum atomic E-state index is -6.28. The summed E-state index contributed by atoms with van der Waals surface area (Å²) in [6, 6.07) is 3.22. The first-order valence-electron chi connectivity index (χ1n) is 7.60. The molecule has 0 unspecified atom stereocenters. The van der Waals surface area contributed by atoms with E-state index in [4.69, 9.17) is 5.73 Å². The van der Waals surface area contributed by atoms with E-state index in [2.05, 4.69) is 9.97 Å². The van der Waals surface area contributed by atoms with E-state index in [1.807, 2.05) is 0 Å². The van der Waals surface area contributed by atoms with Crippen LogP contribution in [-0.2, 0) is 18.3 Å². The molecule has 0 aliphatic rings. The van der Waals surface area contributed by atoms with Gasteiger partial charge < -0.3 is 5.73 Å². The number of nitrogens with two attached hydrogens (primary N) is 1. The van der Waals surface area contributed by atoms with Gasteiger partial charge in [-0.05, 0) is 30.2 Å². The number of aromatic nitrogens is 2. The Bertz CT molecular complexity index is 859. The Labute approximate surface area is 156 Å². The molecule has 29 heavy (non-hydrogen) atoms. The molecule has 0 atom stereocenters. The van der Waals surface area contributed by atoms with Crippen molar-refractivity contribution < 1.29 is 43.9 Å². The highest BCUT2D eigenvalue weighted by atomic mass is 19.4. The number of hydrogen-bond acceptors (Lipinski definition) is 3. The van der Waals surface area contributed by atoms with Gasteiger partial charge in [-0.1, -0.05) is 12.1 Å². The number of halogens is 10. The van der Waals surface area contributed by atoms with Crippen LogP contribution in [0, 0.1) is 6.92 Å². The fraction of sp³-hybridized carbons (Fsp3) is 0.375. The van der Waals surface area contributed by atoms with Crippen molar-refractivity contribution >= 4 is 5.69 Å². The van der Waals surface area contributed by atoms with Crippen LogP contribution >= 0.6 is 0 Å². The van der Waals surface area contributed by atoms with Gasteiger partial charge in [0.15, 0.2) is 0 Å². The van der Waals surface area contributed by atoms with Crippen molar-refractivity contribution in [3.8, 4) is 0 Å². The minimum Gasteiger partial charge on any atom is -0.399 e. The normalized spacial score (nSPS) is 13.6. The number of benzene rings is 1. The highest BCUT2D eigenvalue weighted by molar-refractivity contribution is 5.48. The molecule has 1 aromatic heterocycles. The van der Waals surface area contributed by atoms with Crippen LogP contribution in [0.2, 0.25) is 0 Å². The van der Waals surface area contributed by atoms with Crippen molar-refractivity contribution in [2.45, 2.75) is 37.5 Å². The van der Waals surface area contributed by atoms with Gasteiger partial charge in [0.05, 0.1) is 0 Å². The number of aryl methyl sites for hydroxylation is 1. The van der Waals surface area contributed by atoms with E-state index >= 15 is 0 Å². The molecule has 0 saturated heterocycles. The zero-order valence-corrected chi connectivity index (χ0v) is 14.3. The Balaban J connectivity index is 2.66. The van der Waals surface area contributed by atoms with Crippen LogP contribution in [0.3, 0.4) is 0 Å². The quantitative estimate of drug-likeness (QED) is 0.526. The summed E-state index contributed by atoms with van der Waals surface area (Å²) < 4.78 is 130. The van der Waals surface area contributed by atoms with Crippen molar-refractivity contribution in [1.82, 2.24) is 9.97 Å². The maximum atomic E-state index is 13.6. The van der Waals surface area contributed by atoms with E-state index in [0.717, 1.165) is 0 Å². The predicted molar refractivity (Wildman–Crippen MR) is 80.3 cm³/mol. The zero-order chi connectivity index (χ0) is 22.4. The molecule has 2 rings (SSSR count). The van der Waals surface area contributed by atoms with E-state index in [1.54, 1.807) is 0 Å². The lowest BCUT2D eigenvalue weighted by atomic mass is 10.1. The third-order valence-corrected chi connectivity index (χ3v) is 3.82. The molecule has 0 aliphatic heterocycles. The predicted octanol–water partition coefficient (Wildman–Crippen LogP) is 5.27. The Morgan fingerprint density at radius 2 is 1.21 bits per heavy atom. The molecule has 0 fully saturated rings. The van der Waals surface area contributed by atoms with Crippen molar-refractivity contribution in [2.75, 3.05) is 5.73 Å². The smallest absolute Gasteiger partial charge is 0.399 e. The highest BCUT2D eigenvalue weighted by Gasteiger charge is 2.63. The van der Waals surface area contributed by atoms with E-state index in [0.29, 0.717) is 5.56 Å². The molecule has 160 valence electrons. The van der Waals surface area contributed by atoms with Crippen LogP contribution in [0.15, 0.2) is 24.3 Å². The van der Waals surface area contributed by atoms with Gasteiger partial charge in [0, 0.05) is 12.1 Å². The van der Waals surface area contributed by atoms with Gasteiger partial charge in [-0.15, -0.1) is 0 Å². The summed E-state index contributed by atoms with van der Waals surface area (Å²) in [7, 11) is 0. The fourth-order valence-electron chi connectivity index (χ4n) is 2.22. The number of hydrogen-bond donors (Lipinski definition) is 1. The molecule has 13 heteroatoms. The monoisotopic (exact) mass is 435 g/mol. The molecular formula is C16H11F10N3. The third-order valence-electron chi connectivity index (χ3n) is 3.82. The first-order valence-corrected chi connectivity index (χ1v) is 7.60. The summed E-state index contributed by atoms with van der Waals surface area (Å²) >= 11 is 0. The van der Waals surface area contributed by atoms with Crippen LogP contribution in [-0.4, -0.2) is 22.3 Å². The molecule has 0 aliphatic carbocycles. The standard InChI is InChI=1S/C16H11F10N3/c1-7-4-8(2-3-9(7)27)5-12-28-10(13(17,18)15(21,22)23)6-11(29-12)14(19,20)16(24,25)26/h2-4,6H,5,27H2,1H3. The van der Waals surface area contributed by atoms with E-state index in [1.165, 1.54) is 25.1 Å². The molecule has 0 bridgehead atoms. The topological polar surface area (TPSA) is 51.8 Å². The maximum Gasteiger partial charge on any atom is 0.459 e. The summed E-state index contributed by atoms with van der Waals surface area (Å²) in [4.78, 5) is 5.80. The van der Waals surface area contributed by atoms with Gasteiger partial charge in [-0.2, -0.15) is 43.9 Å². The molecule has 2 aromatic rings. The van der Waals surface area contributed by atoms with Crippen molar-refractivity contribution in [3.05, 3.63) is 52.6 Å². The molecule has 0 radical (unpaired) electrons. The first kappa shape index (κ1) is 22.7. The van der Waals surface area contributed by atoms with Gasteiger partial charge in [-0.25, -0.2) is 9.97 Å². The van der Waals surface area contributed by atoms with Crippen molar-refractivity contribution in [3.63, 3.8) is 0 Å². The summed E-state index contributed by atoms with van der Waals surface area (Å²) in [6.07, 6.45) is -13.2. The van der Waals surface area contributed by atoms with E-state index < -0.39 is 53.9 Å². The minimum absolute atomic E-state index is 0.144. The number of nitrogen functional groups attached to an aromatic ring is 1.